The highest BCUT2D eigenvalue weighted by molar-refractivity contribution is 9.10. The quantitative estimate of drug-likeness (QED) is 0.572. The second-order valence-corrected chi connectivity index (χ2v) is 5.02. The number of alkyl halides is 1. The molecule has 0 aromatic rings. The molecule has 0 aromatic carbocycles. The van der Waals surface area contributed by atoms with Gasteiger partial charge in [-0.15, -0.1) is 17.0 Å². The molecule has 0 bridgehead atoms. The van der Waals surface area contributed by atoms with Crippen LogP contribution in [0.2, 0.25) is 0 Å². The largest absolute Gasteiger partial charge is 0.344 e. The van der Waals surface area contributed by atoms with E-state index >= 15 is 0 Å². The molecule has 0 heterocycles. The Hall–Kier alpha value is 1.15. The van der Waals surface area contributed by atoms with E-state index in [2.05, 4.69) is 15.9 Å². The molecule has 5 heteroatoms. The van der Waals surface area contributed by atoms with Gasteiger partial charge in [0, 0.05) is 6.66 Å². The van der Waals surface area contributed by atoms with Crippen LogP contribution in [0.3, 0.4) is 0 Å². The van der Waals surface area contributed by atoms with Crippen LogP contribution in [0.5, 0.6) is 0 Å². The van der Waals surface area contributed by atoms with Crippen LogP contribution in [0.4, 0.5) is 0 Å². The van der Waals surface area contributed by atoms with E-state index in [1.807, 2.05) is 0 Å². The van der Waals surface area contributed by atoms with Crippen LogP contribution in [0, 0.1) is 0 Å². The van der Waals surface area contributed by atoms with Gasteiger partial charge in [-0.3, -0.25) is 4.57 Å². The van der Waals surface area contributed by atoms with Gasteiger partial charge >= 0.3 is 0 Å². The first-order valence-electron chi connectivity index (χ1n) is 1.41. The molecule has 2 nitrogen and oxygen atoms in total. The zero-order valence-electron chi connectivity index (χ0n) is 3.80. The molecule has 0 amide bonds. The van der Waals surface area contributed by atoms with Crippen molar-refractivity contribution >= 4 is 40.3 Å². The van der Waals surface area contributed by atoms with Crippen molar-refractivity contribution in [2.45, 2.75) is 0 Å². The first-order chi connectivity index (χ1) is 2.56. The molecule has 0 aromatic heterocycles. The Morgan fingerprint density at radius 3 is 2.00 bits per heavy atom. The summed E-state index contributed by atoms with van der Waals surface area (Å²) in [6.45, 7) is 1.31. The SMILES string of the molecule is Br.CP(=O)(O)CBr. The first-order valence-corrected chi connectivity index (χ1v) is 4.83. The van der Waals surface area contributed by atoms with Gasteiger partial charge in [0.15, 0.2) is 0 Å². The monoisotopic (exact) mass is 252 g/mol. The summed E-state index contributed by atoms with van der Waals surface area (Å²) >= 11 is 2.86. The summed E-state index contributed by atoms with van der Waals surface area (Å²) in [5.74, 6) is 0. The van der Waals surface area contributed by atoms with Gasteiger partial charge in [-0.05, 0) is 0 Å². The van der Waals surface area contributed by atoms with Gasteiger partial charge in [-0.1, -0.05) is 15.9 Å². The Morgan fingerprint density at radius 2 is 2.00 bits per heavy atom. The van der Waals surface area contributed by atoms with Crippen LogP contribution >= 0.6 is 40.3 Å². The van der Waals surface area contributed by atoms with E-state index < -0.39 is 7.37 Å². The summed E-state index contributed by atoms with van der Waals surface area (Å²) in [5, 5.41) is 0.194. The minimum atomic E-state index is -2.73. The molecule has 0 spiro atoms. The van der Waals surface area contributed by atoms with Gasteiger partial charge in [0.2, 0.25) is 7.37 Å². The molecule has 0 aliphatic heterocycles. The molecule has 0 fully saturated rings. The molecule has 46 valence electrons. The van der Waals surface area contributed by atoms with Gasteiger partial charge in [0.05, 0.1) is 5.07 Å². The van der Waals surface area contributed by atoms with E-state index in [0.717, 1.165) is 0 Å². The maximum absolute atomic E-state index is 10.1. The van der Waals surface area contributed by atoms with E-state index in [1.165, 1.54) is 6.66 Å². The van der Waals surface area contributed by atoms with Crippen LogP contribution in [-0.2, 0) is 4.57 Å². The average molecular weight is 254 g/mol. The van der Waals surface area contributed by atoms with Gasteiger partial charge < -0.3 is 4.89 Å². The summed E-state index contributed by atoms with van der Waals surface area (Å²) < 4.78 is 10.1. The highest BCUT2D eigenvalue weighted by Crippen LogP contribution is 2.36. The van der Waals surface area contributed by atoms with Crippen LogP contribution in [0.1, 0.15) is 0 Å². The van der Waals surface area contributed by atoms with Gasteiger partial charge in [-0.2, -0.15) is 0 Å². The summed E-state index contributed by atoms with van der Waals surface area (Å²) in [4.78, 5) is 8.34. The fourth-order valence-corrected chi connectivity index (χ4v) is 0. The number of halogens is 2. The third-order valence-corrected chi connectivity index (χ3v) is 3.46. The van der Waals surface area contributed by atoms with Crippen molar-refractivity contribution in [2.75, 3.05) is 11.7 Å². The Balaban J connectivity index is 0. The minimum absolute atomic E-state index is 0. The molecule has 0 saturated carbocycles. The Morgan fingerprint density at radius 1 is 1.86 bits per heavy atom. The molecule has 0 rings (SSSR count). The zero-order valence-corrected chi connectivity index (χ0v) is 7.99. The van der Waals surface area contributed by atoms with Crippen molar-refractivity contribution < 1.29 is 9.46 Å². The van der Waals surface area contributed by atoms with Crippen LogP contribution in [-0.4, -0.2) is 16.6 Å². The summed E-state index contributed by atoms with van der Waals surface area (Å²) in [5.41, 5.74) is 0. The number of rotatable bonds is 1. The lowest BCUT2D eigenvalue weighted by Crippen LogP contribution is -1.71. The summed E-state index contributed by atoms with van der Waals surface area (Å²) in [6, 6.07) is 0. The third-order valence-electron chi connectivity index (χ3n) is 0.222. The zero-order chi connectivity index (χ0) is 5.21. The Kier molecular flexibility index (Phi) is 6.41. The second kappa shape index (κ2) is 4.07. The van der Waals surface area contributed by atoms with Crippen molar-refractivity contribution in [1.29, 1.82) is 0 Å². The maximum Gasteiger partial charge on any atom is 0.207 e. The fraction of sp³-hybridized carbons (Fsp3) is 1.00. The molecule has 0 aliphatic rings. The molecule has 0 saturated heterocycles. The van der Waals surface area contributed by atoms with E-state index in [1.54, 1.807) is 0 Å². The van der Waals surface area contributed by atoms with Gasteiger partial charge in [-0.25, -0.2) is 0 Å². The molecule has 7 heavy (non-hydrogen) atoms. The number of hydrogen-bond acceptors (Lipinski definition) is 1. The smallest absolute Gasteiger partial charge is 0.207 e. The highest BCUT2D eigenvalue weighted by Gasteiger charge is 2.03. The standard InChI is InChI=1S/C2H6BrO2P.BrH/c1-6(4,5)2-3;/h2H2,1H3,(H,4,5);1H. The third kappa shape index (κ3) is 11.0. The lowest BCUT2D eigenvalue weighted by Gasteiger charge is -1.93. The lowest BCUT2D eigenvalue weighted by atomic mass is 11.9. The highest BCUT2D eigenvalue weighted by atomic mass is 79.9. The first kappa shape index (κ1) is 11.0. The maximum atomic E-state index is 10.1. The van der Waals surface area contributed by atoms with Crippen molar-refractivity contribution in [3.8, 4) is 0 Å². The van der Waals surface area contributed by atoms with E-state index in [0.29, 0.717) is 0 Å². The minimum Gasteiger partial charge on any atom is -0.344 e. The number of hydrogen-bond donors (Lipinski definition) is 1. The predicted octanol–water partition coefficient (Wildman–Crippen LogP) is 1.82. The average Bonchev–Trinajstić information content (AvgIpc) is 1.35. The van der Waals surface area contributed by atoms with Crippen LogP contribution in [0.15, 0.2) is 0 Å². The molecule has 0 radical (unpaired) electrons. The van der Waals surface area contributed by atoms with E-state index in [4.69, 9.17) is 4.89 Å². The molecular weight excluding hydrogens is 247 g/mol. The van der Waals surface area contributed by atoms with Gasteiger partial charge in [0.25, 0.3) is 0 Å². The summed E-state index contributed by atoms with van der Waals surface area (Å²) in [7, 11) is -2.73. The molecule has 1 atom stereocenters. The molecule has 1 N–H and O–H groups in total. The lowest BCUT2D eigenvalue weighted by molar-refractivity contribution is 0.491. The van der Waals surface area contributed by atoms with Crippen molar-refractivity contribution in [3.63, 3.8) is 0 Å². The van der Waals surface area contributed by atoms with Gasteiger partial charge in [0.1, 0.15) is 0 Å². The molecule has 0 aliphatic carbocycles. The Labute approximate surface area is 61.7 Å². The van der Waals surface area contributed by atoms with Crippen LogP contribution in [0.25, 0.3) is 0 Å². The summed E-state index contributed by atoms with van der Waals surface area (Å²) in [6.07, 6.45) is 0. The topological polar surface area (TPSA) is 37.3 Å². The van der Waals surface area contributed by atoms with Crippen molar-refractivity contribution in [3.05, 3.63) is 0 Å². The normalized spacial score (nSPS) is 17.0. The predicted molar refractivity (Wildman–Crippen MR) is 39.9 cm³/mol. The van der Waals surface area contributed by atoms with E-state index in [9.17, 15) is 4.57 Å². The molecular formula is C2H7Br2O2P. The van der Waals surface area contributed by atoms with Crippen molar-refractivity contribution in [2.24, 2.45) is 0 Å². The van der Waals surface area contributed by atoms with Crippen molar-refractivity contribution in [1.82, 2.24) is 0 Å². The fourth-order valence-electron chi connectivity index (χ4n) is 0. The van der Waals surface area contributed by atoms with E-state index in [-0.39, 0.29) is 22.1 Å². The second-order valence-electron chi connectivity index (χ2n) is 1.17. The molecule has 1 unspecified atom stereocenters. The Bertz CT molecular complexity index is 77.8. The van der Waals surface area contributed by atoms with Crippen LogP contribution < -0.4 is 0 Å².